The van der Waals surface area contributed by atoms with Crippen LogP contribution in [0.2, 0.25) is 0 Å². The summed E-state index contributed by atoms with van der Waals surface area (Å²) < 4.78 is 0. The van der Waals surface area contributed by atoms with Crippen LogP contribution in [0.4, 0.5) is 0 Å². The minimum absolute atomic E-state index is 0.0139. The third-order valence-corrected chi connectivity index (χ3v) is 4.41. The fourth-order valence-corrected chi connectivity index (χ4v) is 2.70. The highest BCUT2D eigenvalue weighted by molar-refractivity contribution is 5.94. The average Bonchev–Trinajstić information content (AvgIpc) is 2.65. The molecule has 0 aliphatic heterocycles. The van der Waals surface area contributed by atoms with Crippen LogP contribution < -0.4 is 33.2 Å². The SMILES string of the molecule is CC(C)C[C@H](NC(=O)[C@@H](N)CC(N)=O)C(=O)N[C@@H](CCCCN)C(=O)N[C@@H](C)C(=O)O. The number of rotatable bonds is 15. The van der Waals surface area contributed by atoms with E-state index in [1.165, 1.54) is 6.92 Å². The van der Waals surface area contributed by atoms with Gasteiger partial charge in [0.1, 0.15) is 18.1 Å². The van der Waals surface area contributed by atoms with Gasteiger partial charge in [-0.05, 0) is 45.1 Å². The second-order valence-electron chi connectivity index (χ2n) is 7.88. The van der Waals surface area contributed by atoms with Crippen molar-refractivity contribution in [3.05, 3.63) is 0 Å². The lowest BCUT2D eigenvalue weighted by molar-refractivity contribution is -0.141. The number of carboxylic acid groups (broad SMARTS) is 1. The zero-order valence-electron chi connectivity index (χ0n) is 18.3. The molecular formula is C19H36N6O6. The van der Waals surface area contributed by atoms with Gasteiger partial charge < -0.3 is 38.3 Å². The summed E-state index contributed by atoms with van der Waals surface area (Å²) in [5, 5.41) is 16.4. The third-order valence-electron chi connectivity index (χ3n) is 4.41. The Morgan fingerprint density at radius 1 is 0.871 bits per heavy atom. The molecule has 0 spiro atoms. The first-order valence-corrected chi connectivity index (χ1v) is 10.3. The Morgan fingerprint density at radius 2 is 1.42 bits per heavy atom. The lowest BCUT2D eigenvalue weighted by Crippen LogP contribution is -2.57. The van der Waals surface area contributed by atoms with Gasteiger partial charge in [0.2, 0.25) is 23.6 Å². The molecule has 12 heteroatoms. The Balaban J connectivity index is 5.35. The summed E-state index contributed by atoms with van der Waals surface area (Å²) in [5.41, 5.74) is 16.2. The summed E-state index contributed by atoms with van der Waals surface area (Å²) in [6, 6.07) is -4.36. The number of primary amides is 1. The maximum atomic E-state index is 12.8. The first kappa shape index (κ1) is 28.3. The lowest BCUT2D eigenvalue weighted by Gasteiger charge is -2.25. The Hall–Kier alpha value is -2.73. The summed E-state index contributed by atoms with van der Waals surface area (Å²) >= 11 is 0. The van der Waals surface area contributed by atoms with Crippen LogP contribution in [0.5, 0.6) is 0 Å². The van der Waals surface area contributed by atoms with Crippen LogP contribution in [0.25, 0.3) is 0 Å². The van der Waals surface area contributed by atoms with Crippen molar-refractivity contribution in [2.24, 2.45) is 23.1 Å². The molecule has 0 aliphatic rings. The summed E-state index contributed by atoms with van der Waals surface area (Å²) in [7, 11) is 0. The Morgan fingerprint density at radius 3 is 1.90 bits per heavy atom. The number of aliphatic carboxylic acids is 1. The van der Waals surface area contributed by atoms with Crippen molar-refractivity contribution in [3.63, 3.8) is 0 Å². The summed E-state index contributed by atoms with van der Waals surface area (Å²) in [4.78, 5) is 59.6. The molecule has 10 N–H and O–H groups in total. The van der Waals surface area contributed by atoms with Gasteiger partial charge in [0, 0.05) is 0 Å². The summed E-state index contributed by atoms with van der Waals surface area (Å²) in [5.74, 6) is -3.95. The number of nitrogens with one attached hydrogen (secondary N) is 3. The zero-order valence-corrected chi connectivity index (χ0v) is 18.3. The number of hydrogen-bond donors (Lipinski definition) is 7. The molecule has 0 saturated heterocycles. The highest BCUT2D eigenvalue weighted by atomic mass is 16.4. The van der Waals surface area contributed by atoms with Gasteiger partial charge in [0.05, 0.1) is 12.5 Å². The second kappa shape index (κ2) is 14.3. The monoisotopic (exact) mass is 444 g/mol. The third kappa shape index (κ3) is 11.9. The molecule has 0 rings (SSSR count). The molecule has 0 saturated carbocycles. The van der Waals surface area contributed by atoms with Crippen molar-refractivity contribution in [3.8, 4) is 0 Å². The van der Waals surface area contributed by atoms with Gasteiger partial charge in [-0.2, -0.15) is 0 Å². The number of unbranched alkanes of at least 4 members (excludes halogenated alkanes) is 1. The van der Waals surface area contributed by atoms with Gasteiger partial charge in [-0.1, -0.05) is 13.8 Å². The molecule has 0 unspecified atom stereocenters. The van der Waals surface area contributed by atoms with Crippen LogP contribution in [0, 0.1) is 5.92 Å². The van der Waals surface area contributed by atoms with Crippen molar-refractivity contribution < 1.29 is 29.1 Å². The zero-order chi connectivity index (χ0) is 24.1. The molecule has 178 valence electrons. The van der Waals surface area contributed by atoms with Crippen molar-refractivity contribution in [2.75, 3.05) is 6.54 Å². The predicted octanol–water partition coefficient (Wildman–Crippen LogP) is -2.08. The Labute approximate surface area is 182 Å². The van der Waals surface area contributed by atoms with Crippen LogP contribution in [0.3, 0.4) is 0 Å². The highest BCUT2D eigenvalue weighted by Crippen LogP contribution is 2.08. The van der Waals surface area contributed by atoms with Crippen LogP contribution in [-0.2, 0) is 24.0 Å². The van der Waals surface area contributed by atoms with E-state index in [-0.39, 0.29) is 25.2 Å². The molecule has 0 fully saturated rings. The predicted molar refractivity (Wildman–Crippen MR) is 113 cm³/mol. The maximum Gasteiger partial charge on any atom is 0.325 e. The smallest absolute Gasteiger partial charge is 0.325 e. The van der Waals surface area contributed by atoms with Crippen molar-refractivity contribution in [1.82, 2.24) is 16.0 Å². The van der Waals surface area contributed by atoms with E-state index in [2.05, 4.69) is 16.0 Å². The number of carbonyl (C=O) groups is 5. The van der Waals surface area contributed by atoms with E-state index >= 15 is 0 Å². The highest BCUT2D eigenvalue weighted by Gasteiger charge is 2.29. The molecule has 0 aromatic rings. The standard InChI is InChI=1S/C19H36N6O6/c1-10(2)8-14(25-16(27)12(21)9-15(22)26)18(29)24-13(6-4-5-7-20)17(28)23-11(3)19(30)31/h10-14H,4-9,20-21H2,1-3H3,(H2,22,26)(H,23,28)(H,24,29)(H,25,27)(H,30,31)/t11-,12-,13-,14-/m0/s1. The molecule has 0 aliphatic carbocycles. The first-order valence-electron chi connectivity index (χ1n) is 10.3. The summed E-state index contributed by atoms with van der Waals surface area (Å²) in [6.07, 6.45) is 1.26. The Bertz CT molecular complexity index is 641. The van der Waals surface area contributed by atoms with Crippen molar-refractivity contribution in [1.29, 1.82) is 0 Å². The number of hydrogen-bond acceptors (Lipinski definition) is 7. The normalized spacial score (nSPS) is 14.8. The summed E-state index contributed by atoms with van der Waals surface area (Å²) in [6.45, 7) is 5.39. The van der Waals surface area contributed by atoms with Gasteiger partial charge in [-0.15, -0.1) is 0 Å². The quantitative estimate of drug-likeness (QED) is 0.139. The van der Waals surface area contributed by atoms with E-state index in [0.717, 1.165) is 0 Å². The molecule has 31 heavy (non-hydrogen) atoms. The lowest BCUT2D eigenvalue weighted by atomic mass is 10.0. The van der Waals surface area contributed by atoms with Gasteiger partial charge >= 0.3 is 5.97 Å². The minimum Gasteiger partial charge on any atom is -0.480 e. The number of nitrogens with two attached hydrogens (primary N) is 3. The fourth-order valence-electron chi connectivity index (χ4n) is 2.70. The molecular weight excluding hydrogens is 408 g/mol. The molecule has 0 aromatic heterocycles. The molecule has 12 nitrogen and oxygen atoms in total. The largest absolute Gasteiger partial charge is 0.480 e. The molecule has 0 aromatic carbocycles. The van der Waals surface area contributed by atoms with E-state index in [9.17, 15) is 24.0 Å². The molecule has 4 atom stereocenters. The first-order chi connectivity index (χ1) is 14.4. The average molecular weight is 445 g/mol. The van der Waals surface area contributed by atoms with Crippen LogP contribution in [0.1, 0.15) is 52.9 Å². The van der Waals surface area contributed by atoms with E-state index in [0.29, 0.717) is 19.4 Å². The number of carboxylic acids is 1. The van der Waals surface area contributed by atoms with Gasteiger partial charge in [-0.3, -0.25) is 24.0 Å². The molecule has 0 radical (unpaired) electrons. The maximum absolute atomic E-state index is 12.8. The van der Waals surface area contributed by atoms with Crippen LogP contribution in [-0.4, -0.2) is 65.4 Å². The van der Waals surface area contributed by atoms with Gasteiger partial charge in [0.15, 0.2) is 0 Å². The molecule has 4 amide bonds. The van der Waals surface area contributed by atoms with E-state index < -0.39 is 53.8 Å². The van der Waals surface area contributed by atoms with Crippen LogP contribution in [0.15, 0.2) is 0 Å². The second-order valence-corrected chi connectivity index (χ2v) is 7.88. The molecule has 0 bridgehead atoms. The topological polar surface area (TPSA) is 220 Å². The fraction of sp³-hybridized carbons (Fsp3) is 0.737. The van der Waals surface area contributed by atoms with E-state index in [1.54, 1.807) is 0 Å². The molecule has 0 heterocycles. The van der Waals surface area contributed by atoms with E-state index in [4.69, 9.17) is 22.3 Å². The Kier molecular flexibility index (Phi) is 13.0. The van der Waals surface area contributed by atoms with E-state index in [1.807, 2.05) is 13.8 Å². The van der Waals surface area contributed by atoms with Crippen LogP contribution >= 0.6 is 0 Å². The minimum atomic E-state index is -1.21. The van der Waals surface area contributed by atoms with Gasteiger partial charge in [0.25, 0.3) is 0 Å². The van der Waals surface area contributed by atoms with Crippen molar-refractivity contribution in [2.45, 2.75) is 77.0 Å². The number of carbonyl (C=O) groups excluding carboxylic acids is 4. The number of amides is 4. The van der Waals surface area contributed by atoms with Gasteiger partial charge in [-0.25, -0.2) is 0 Å². The van der Waals surface area contributed by atoms with Crippen molar-refractivity contribution >= 4 is 29.6 Å².